The lowest BCUT2D eigenvalue weighted by molar-refractivity contribution is -0.123. The Bertz CT molecular complexity index is 717. The van der Waals surface area contributed by atoms with E-state index in [2.05, 4.69) is 20.9 Å². The number of benzene rings is 1. The Balaban J connectivity index is 1.61. The summed E-state index contributed by atoms with van der Waals surface area (Å²) in [5.41, 5.74) is 1.60. The third kappa shape index (κ3) is 5.77. The quantitative estimate of drug-likeness (QED) is 0.573. The van der Waals surface area contributed by atoms with Gasteiger partial charge >= 0.3 is 0 Å². The maximum absolute atomic E-state index is 12.8. The predicted octanol–water partition coefficient (Wildman–Crippen LogP) is 2.12. The van der Waals surface area contributed by atoms with Gasteiger partial charge in [-0.25, -0.2) is 0 Å². The molecule has 3 rings (SSSR count). The van der Waals surface area contributed by atoms with Crippen molar-refractivity contribution in [3.8, 4) is 5.75 Å². The number of hydrogen-bond donors (Lipinski definition) is 4. The van der Waals surface area contributed by atoms with E-state index in [1.165, 1.54) is 12.8 Å². The van der Waals surface area contributed by atoms with Gasteiger partial charge in [-0.3, -0.25) is 9.78 Å². The first kappa shape index (κ1) is 19.3. The van der Waals surface area contributed by atoms with Crippen LogP contribution in [0.1, 0.15) is 36.4 Å². The number of rotatable bonds is 8. The summed E-state index contributed by atoms with van der Waals surface area (Å²) in [6.45, 7) is 3.31. The van der Waals surface area contributed by atoms with E-state index in [-0.39, 0.29) is 11.7 Å². The van der Waals surface area contributed by atoms with Gasteiger partial charge in [0, 0.05) is 24.5 Å². The van der Waals surface area contributed by atoms with E-state index in [1.54, 1.807) is 30.6 Å². The van der Waals surface area contributed by atoms with Crippen molar-refractivity contribution in [1.29, 1.82) is 0 Å². The largest absolute Gasteiger partial charge is 0.508 e. The summed E-state index contributed by atoms with van der Waals surface area (Å²) in [6, 6.07) is 10.2. The maximum atomic E-state index is 12.8. The molecule has 1 fully saturated rings. The van der Waals surface area contributed by atoms with Crippen LogP contribution >= 0.6 is 0 Å². The van der Waals surface area contributed by atoms with Crippen LogP contribution in [0.3, 0.4) is 0 Å². The molecule has 1 amide bonds. The SMILES string of the molecule is O=C(NCc1ccncc1)C(NCCC1CCNCC1)c1ccccc1O. The van der Waals surface area contributed by atoms with Crippen molar-refractivity contribution in [2.75, 3.05) is 19.6 Å². The molecule has 1 aromatic heterocycles. The Labute approximate surface area is 160 Å². The molecule has 1 saturated heterocycles. The summed E-state index contributed by atoms with van der Waals surface area (Å²) in [5, 5.41) is 19.9. The highest BCUT2D eigenvalue weighted by Gasteiger charge is 2.23. The number of phenols is 1. The molecule has 27 heavy (non-hydrogen) atoms. The molecule has 1 unspecified atom stereocenters. The van der Waals surface area contributed by atoms with Gasteiger partial charge in [-0.15, -0.1) is 0 Å². The molecule has 6 heteroatoms. The molecule has 1 aliphatic heterocycles. The second-order valence-corrected chi connectivity index (χ2v) is 7.00. The second-order valence-electron chi connectivity index (χ2n) is 7.00. The van der Waals surface area contributed by atoms with E-state index in [4.69, 9.17) is 0 Å². The lowest BCUT2D eigenvalue weighted by Crippen LogP contribution is -2.38. The van der Waals surface area contributed by atoms with E-state index in [9.17, 15) is 9.90 Å². The Morgan fingerprint density at radius 3 is 2.67 bits per heavy atom. The summed E-state index contributed by atoms with van der Waals surface area (Å²) < 4.78 is 0. The third-order valence-corrected chi connectivity index (χ3v) is 5.09. The summed E-state index contributed by atoms with van der Waals surface area (Å²) in [4.78, 5) is 16.8. The molecule has 0 bridgehead atoms. The number of aromatic hydroxyl groups is 1. The van der Waals surface area contributed by atoms with Gasteiger partial charge in [-0.1, -0.05) is 18.2 Å². The topological polar surface area (TPSA) is 86.3 Å². The molecule has 2 aromatic rings. The Kier molecular flexibility index (Phi) is 7.19. The molecule has 2 heterocycles. The number of carbonyl (C=O) groups is 1. The summed E-state index contributed by atoms with van der Waals surface area (Å²) in [6.07, 6.45) is 6.80. The molecular formula is C21H28N4O2. The van der Waals surface area contributed by atoms with Crippen molar-refractivity contribution in [1.82, 2.24) is 20.9 Å². The van der Waals surface area contributed by atoms with E-state index in [0.717, 1.165) is 31.6 Å². The monoisotopic (exact) mass is 368 g/mol. The summed E-state index contributed by atoms with van der Waals surface area (Å²) in [7, 11) is 0. The molecule has 0 aliphatic carbocycles. The highest BCUT2D eigenvalue weighted by Crippen LogP contribution is 2.24. The third-order valence-electron chi connectivity index (χ3n) is 5.09. The van der Waals surface area contributed by atoms with E-state index < -0.39 is 6.04 Å². The summed E-state index contributed by atoms with van der Waals surface area (Å²) in [5.74, 6) is 0.679. The van der Waals surface area contributed by atoms with E-state index >= 15 is 0 Å². The van der Waals surface area contributed by atoms with Crippen molar-refractivity contribution in [2.24, 2.45) is 5.92 Å². The Hall–Kier alpha value is -2.44. The molecule has 1 atom stereocenters. The smallest absolute Gasteiger partial charge is 0.242 e. The number of para-hydroxylation sites is 1. The maximum Gasteiger partial charge on any atom is 0.242 e. The molecule has 1 aliphatic rings. The number of pyridine rings is 1. The number of nitrogens with one attached hydrogen (secondary N) is 3. The lowest BCUT2D eigenvalue weighted by atomic mass is 9.94. The van der Waals surface area contributed by atoms with Crippen molar-refractivity contribution < 1.29 is 9.90 Å². The number of amides is 1. The fraction of sp³-hybridized carbons (Fsp3) is 0.429. The van der Waals surface area contributed by atoms with Crippen molar-refractivity contribution in [3.63, 3.8) is 0 Å². The zero-order valence-corrected chi connectivity index (χ0v) is 15.5. The molecule has 0 saturated carbocycles. The molecule has 4 N–H and O–H groups in total. The normalized spacial score (nSPS) is 16.0. The van der Waals surface area contributed by atoms with E-state index in [0.29, 0.717) is 18.0 Å². The predicted molar refractivity (Wildman–Crippen MR) is 105 cm³/mol. The number of phenolic OH excluding ortho intramolecular Hbond substituents is 1. The average molecular weight is 368 g/mol. The molecule has 1 aromatic carbocycles. The van der Waals surface area contributed by atoms with Crippen LogP contribution in [0, 0.1) is 5.92 Å². The van der Waals surface area contributed by atoms with Crippen LogP contribution in [0.2, 0.25) is 0 Å². The first-order chi connectivity index (χ1) is 13.2. The minimum Gasteiger partial charge on any atom is -0.508 e. The Morgan fingerprint density at radius 2 is 1.93 bits per heavy atom. The number of piperidine rings is 1. The lowest BCUT2D eigenvalue weighted by Gasteiger charge is -2.24. The fourth-order valence-corrected chi connectivity index (χ4v) is 3.47. The van der Waals surface area contributed by atoms with Crippen LogP contribution in [0.15, 0.2) is 48.8 Å². The van der Waals surface area contributed by atoms with Gasteiger partial charge in [0.25, 0.3) is 0 Å². The van der Waals surface area contributed by atoms with Crippen LogP contribution in [0.4, 0.5) is 0 Å². The van der Waals surface area contributed by atoms with Crippen molar-refractivity contribution in [2.45, 2.75) is 31.8 Å². The summed E-state index contributed by atoms with van der Waals surface area (Å²) >= 11 is 0. The van der Waals surface area contributed by atoms with E-state index in [1.807, 2.05) is 18.2 Å². The Morgan fingerprint density at radius 1 is 1.19 bits per heavy atom. The van der Waals surface area contributed by atoms with Crippen LogP contribution < -0.4 is 16.0 Å². The van der Waals surface area contributed by atoms with Crippen LogP contribution in [-0.2, 0) is 11.3 Å². The molecule has 144 valence electrons. The molecular weight excluding hydrogens is 340 g/mol. The number of aromatic nitrogens is 1. The molecule has 0 spiro atoms. The van der Waals surface area contributed by atoms with Gasteiger partial charge in [0.15, 0.2) is 0 Å². The zero-order valence-electron chi connectivity index (χ0n) is 15.5. The molecule has 6 nitrogen and oxygen atoms in total. The highest BCUT2D eigenvalue weighted by atomic mass is 16.3. The van der Waals surface area contributed by atoms with Crippen LogP contribution in [-0.4, -0.2) is 35.6 Å². The minimum absolute atomic E-state index is 0.135. The van der Waals surface area contributed by atoms with Crippen molar-refractivity contribution >= 4 is 5.91 Å². The van der Waals surface area contributed by atoms with Gasteiger partial charge < -0.3 is 21.1 Å². The zero-order chi connectivity index (χ0) is 18.9. The average Bonchev–Trinajstić information content (AvgIpc) is 2.72. The molecule has 0 radical (unpaired) electrons. The van der Waals surface area contributed by atoms with Crippen LogP contribution in [0.5, 0.6) is 5.75 Å². The first-order valence-electron chi connectivity index (χ1n) is 9.62. The van der Waals surface area contributed by atoms with Gasteiger partial charge in [0.05, 0.1) is 0 Å². The van der Waals surface area contributed by atoms with Crippen molar-refractivity contribution in [3.05, 3.63) is 59.9 Å². The minimum atomic E-state index is -0.574. The van der Waals surface area contributed by atoms with Gasteiger partial charge in [-0.2, -0.15) is 0 Å². The number of carbonyl (C=O) groups excluding carboxylic acids is 1. The van der Waals surface area contributed by atoms with Gasteiger partial charge in [0.2, 0.25) is 5.91 Å². The van der Waals surface area contributed by atoms with Crippen LogP contribution in [0.25, 0.3) is 0 Å². The second kappa shape index (κ2) is 10.0. The van der Waals surface area contributed by atoms with Gasteiger partial charge in [-0.05, 0) is 68.6 Å². The number of nitrogens with zero attached hydrogens (tertiary/aromatic N) is 1. The highest BCUT2D eigenvalue weighted by molar-refractivity contribution is 5.83. The van der Waals surface area contributed by atoms with Gasteiger partial charge in [0.1, 0.15) is 11.8 Å². The fourth-order valence-electron chi connectivity index (χ4n) is 3.47. The number of hydrogen-bond acceptors (Lipinski definition) is 5. The first-order valence-corrected chi connectivity index (χ1v) is 9.62. The standard InChI is InChI=1S/C21H28N4O2/c26-19-4-2-1-3-18(19)20(24-14-9-16-5-10-22-11-6-16)21(27)25-15-17-7-12-23-13-8-17/h1-4,7-8,12-13,16,20,22,24,26H,5-6,9-11,14-15H2,(H,25,27).